The molecular weight excluding hydrogens is 255 g/mol. The lowest BCUT2D eigenvalue weighted by Crippen LogP contribution is -2.27. The van der Waals surface area contributed by atoms with Crippen LogP contribution >= 0.6 is 0 Å². The van der Waals surface area contributed by atoms with E-state index in [1.165, 1.54) is 5.57 Å². The number of H-pyrrole nitrogens is 1. The first kappa shape index (κ1) is 14.8. The third-order valence-corrected chi connectivity index (χ3v) is 3.24. The molecule has 0 unspecified atom stereocenters. The quantitative estimate of drug-likeness (QED) is 0.750. The van der Waals surface area contributed by atoms with Gasteiger partial charge < -0.3 is 15.4 Å². The summed E-state index contributed by atoms with van der Waals surface area (Å²) in [5, 5.41) is 11.9. The maximum absolute atomic E-state index is 13.6. The molecule has 0 radical (unpaired) electrons. The van der Waals surface area contributed by atoms with Crippen molar-refractivity contribution in [2.45, 2.75) is 13.8 Å². The molecule has 3 N–H and O–H groups in total. The van der Waals surface area contributed by atoms with Crippen LogP contribution in [0.2, 0.25) is 0 Å². The Bertz CT molecular complexity index is 604. The van der Waals surface area contributed by atoms with E-state index in [9.17, 15) is 4.39 Å². The predicted molar refractivity (Wildman–Crippen MR) is 81.0 cm³/mol. The molecule has 1 aliphatic rings. The number of nitrogens with one attached hydrogen (secondary N) is 2. The van der Waals surface area contributed by atoms with E-state index < -0.39 is 0 Å². The van der Waals surface area contributed by atoms with Crippen LogP contribution in [-0.4, -0.2) is 29.8 Å². The van der Waals surface area contributed by atoms with Gasteiger partial charge in [-0.2, -0.15) is 0 Å². The number of aromatic nitrogens is 1. The SMILES string of the molecule is CCO.C[C@H]1C=C(c2cc(F)cc3cc[nH]c23)CNC1. The van der Waals surface area contributed by atoms with Crippen LogP contribution in [0.15, 0.2) is 30.5 Å². The van der Waals surface area contributed by atoms with E-state index >= 15 is 0 Å². The normalized spacial score (nSPS) is 18.4. The van der Waals surface area contributed by atoms with Gasteiger partial charge in [0.05, 0.1) is 5.52 Å². The van der Waals surface area contributed by atoms with Crippen molar-refractivity contribution < 1.29 is 9.50 Å². The first-order valence-electron chi connectivity index (χ1n) is 6.95. The molecule has 1 aromatic carbocycles. The summed E-state index contributed by atoms with van der Waals surface area (Å²) in [7, 11) is 0. The molecule has 4 heteroatoms. The zero-order chi connectivity index (χ0) is 14.5. The summed E-state index contributed by atoms with van der Waals surface area (Å²) in [4.78, 5) is 3.19. The number of hydrogen-bond donors (Lipinski definition) is 3. The average molecular weight is 276 g/mol. The summed E-state index contributed by atoms with van der Waals surface area (Å²) in [6, 6.07) is 5.09. The smallest absolute Gasteiger partial charge is 0.124 e. The molecule has 3 nitrogen and oxygen atoms in total. The summed E-state index contributed by atoms with van der Waals surface area (Å²) >= 11 is 0. The third-order valence-electron chi connectivity index (χ3n) is 3.24. The minimum Gasteiger partial charge on any atom is -0.397 e. The zero-order valence-corrected chi connectivity index (χ0v) is 11.9. The second-order valence-corrected chi connectivity index (χ2v) is 5.01. The maximum atomic E-state index is 13.6. The Hall–Kier alpha value is -1.65. The summed E-state index contributed by atoms with van der Waals surface area (Å²) in [5.74, 6) is 0.318. The topological polar surface area (TPSA) is 48.0 Å². The number of halogens is 1. The molecule has 0 bridgehead atoms. The van der Waals surface area contributed by atoms with Gasteiger partial charge in [0, 0.05) is 36.8 Å². The van der Waals surface area contributed by atoms with Crippen LogP contribution in [0.1, 0.15) is 19.4 Å². The Morgan fingerprint density at radius 2 is 2.15 bits per heavy atom. The largest absolute Gasteiger partial charge is 0.397 e. The first-order chi connectivity index (χ1) is 9.65. The van der Waals surface area contributed by atoms with Crippen molar-refractivity contribution in [1.29, 1.82) is 0 Å². The number of benzene rings is 1. The van der Waals surface area contributed by atoms with E-state index in [1.807, 2.05) is 12.3 Å². The van der Waals surface area contributed by atoms with Gasteiger partial charge in [-0.3, -0.25) is 0 Å². The van der Waals surface area contributed by atoms with Gasteiger partial charge in [0.25, 0.3) is 0 Å². The van der Waals surface area contributed by atoms with E-state index in [2.05, 4.69) is 23.3 Å². The van der Waals surface area contributed by atoms with E-state index in [0.717, 1.165) is 29.6 Å². The number of aliphatic hydroxyl groups is 1. The Kier molecular flexibility index (Phi) is 4.93. The molecule has 1 aliphatic heterocycles. The summed E-state index contributed by atoms with van der Waals surface area (Å²) in [5.41, 5.74) is 3.17. The van der Waals surface area contributed by atoms with Crippen molar-refractivity contribution in [2.24, 2.45) is 5.92 Å². The standard InChI is InChI=1S/C14H15FN2.C2H6O/c1-9-4-11(8-16-7-9)13-6-12(15)5-10-2-3-17-14(10)13;1-2-3/h2-6,9,16-17H,7-8H2,1H3;3H,2H2,1H3/t9-;/m0./s1. The highest BCUT2D eigenvalue weighted by Crippen LogP contribution is 2.27. The molecule has 0 amide bonds. The highest BCUT2D eigenvalue weighted by Gasteiger charge is 2.14. The Labute approximate surface area is 118 Å². The summed E-state index contributed by atoms with van der Waals surface area (Å²) in [6.07, 6.45) is 4.08. The fraction of sp³-hybridized carbons (Fsp3) is 0.375. The van der Waals surface area contributed by atoms with Gasteiger partial charge in [0.2, 0.25) is 0 Å². The van der Waals surface area contributed by atoms with Crippen LogP contribution in [0.3, 0.4) is 0 Å². The predicted octanol–water partition coefficient (Wildman–Crippen LogP) is 2.93. The van der Waals surface area contributed by atoms with Gasteiger partial charge >= 0.3 is 0 Å². The number of rotatable bonds is 1. The minimum atomic E-state index is -0.175. The summed E-state index contributed by atoms with van der Waals surface area (Å²) in [6.45, 7) is 5.89. The van der Waals surface area contributed by atoms with Crippen molar-refractivity contribution in [3.05, 3.63) is 41.9 Å². The molecule has 1 atom stereocenters. The van der Waals surface area contributed by atoms with Crippen LogP contribution in [0.25, 0.3) is 16.5 Å². The van der Waals surface area contributed by atoms with Gasteiger partial charge in [-0.25, -0.2) is 4.39 Å². The molecule has 0 aliphatic carbocycles. The highest BCUT2D eigenvalue weighted by atomic mass is 19.1. The molecule has 2 heterocycles. The van der Waals surface area contributed by atoms with Gasteiger partial charge in [0.15, 0.2) is 0 Å². The zero-order valence-electron chi connectivity index (χ0n) is 11.9. The van der Waals surface area contributed by atoms with Gasteiger partial charge in [-0.05, 0) is 36.6 Å². The second-order valence-electron chi connectivity index (χ2n) is 5.01. The Balaban J connectivity index is 0.000000452. The molecule has 108 valence electrons. The van der Waals surface area contributed by atoms with Crippen molar-refractivity contribution in [3.8, 4) is 0 Å². The van der Waals surface area contributed by atoms with Crippen LogP contribution in [0.4, 0.5) is 4.39 Å². The number of aliphatic hydroxyl groups excluding tert-OH is 1. The van der Waals surface area contributed by atoms with Gasteiger partial charge in [-0.1, -0.05) is 13.0 Å². The molecule has 3 rings (SSSR count). The molecule has 0 fully saturated rings. The lowest BCUT2D eigenvalue weighted by Gasteiger charge is -2.20. The van der Waals surface area contributed by atoms with E-state index in [4.69, 9.17) is 5.11 Å². The van der Waals surface area contributed by atoms with Gasteiger partial charge in [0.1, 0.15) is 5.82 Å². The van der Waals surface area contributed by atoms with Crippen molar-refractivity contribution in [2.75, 3.05) is 19.7 Å². The summed E-state index contributed by atoms with van der Waals surface area (Å²) < 4.78 is 13.6. The van der Waals surface area contributed by atoms with Crippen molar-refractivity contribution in [3.63, 3.8) is 0 Å². The first-order valence-corrected chi connectivity index (χ1v) is 6.95. The van der Waals surface area contributed by atoms with Crippen LogP contribution in [-0.2, 0) is 0 Å². The van der Waals surface area contributed by atoms with Crippen LogP contribution < -0.4 is 5.32 Å². The maximum Gasteiger partial charge on any atom is 0.124 e. The molecule has 0 saturated carbocycles. The fourth-order valence-corrected chi connectivity index (χ4v) is 2.47. The lowest BCUT2D eigenvalue weighted by molar-refractivity contribution is 0.318. The van der Waals surface area contributed by atoms with Crippen LogP contribution in [0, 0.1) is 11.7 Å². The molecular formula is C16H21FN2O. The highest BCUT2D eigenvalue weighted by molar-refractivity contribution is 5.92. The number of aromatic amines is 1. The molecule has 2 aromatic rings. The van der Waals surface area contributed by atoms with E-state index in [1.54, 1.807) is 19.1 Å². The van der Waals surface area contributed by atoms with Crippen molar-refractivity contribution >= 4 is 16.5 Å². The Morgan fingerprint density at radius 3 is 2.85 bits per heavy atom. The monoisotopic (exact) mass is 276 g/mol. The van der Waals surface area contributed by atoms with Crippen LogP contribution in [0.5, 0.6) is 0 Å². The molecule has 20 heavy (non-hydrogen) atoms. The lowest BCUT2D eigenvalue weighted by atomic mass is 9.96. The molecule has 1 aromatic heterocycles. The van der Waals surface area contributed by atoms with E-state index in [0.29, 0.717) is 5.92 Å². The average Bonchev–Trinajstić information content (AvgIpc) is 2.86. The molecule has 0 spiro atoms. The third kappa shape index (κ3) is 3.26. The number of fused-ring (bicyclic) bond motifs is 1. The Morgan fingerprint density at radius 1 is 1.40 bits per heavy atom. The van der Waals surface area contributed by atoms with Gasteiger partial charge in [-0.15, -0.1) is 0 Å². The second kappa shape index (κ2) is 6.68. The van der Waals surface area contributed by atoms with E-state index in [-0.39, 0.29) is 12.4 Å². The number of hydrogen-bond acceptors (Lipinski definition) is 2. The fourth-order valence-electron chi connectivity index (χ4n) is 2.47. The molecule has 0 saturated heterocycles. The minimum absolute atomic E-state index is 0.175. The van der Waals surface area contributed by atoms with Crippen molar-refractivity contribution in [1.82, 2.24) is 10.3 Å².